The van der Waals surface area contributed by atoms with Crippen LogP contribution in [0.2, 0.25) is 0 Å². The molecule has 0 bridgehead atoms. The number of anilines is 1. The molecule has 0 amide bonds. The molecule has 1 aliphatic rings. The minimum Gasteiger partial charge on any atom is -0.356 e. The van der Waals surface area contributed by atoms with Crippen molar-refractivity contribution in [1.29, 1.82) is 0 Å². The standard InChI is InChI=1S/C23H30N4/c1-6-11-26(14-19-8-9-19)21-13-17(4)24-23-22(18(5)25-27(21)23)20-10-7-15(2)12-16(20)3/h7,10,12-13,19H,6,8-9,11,14H2,1-5H3. The van der Waals surface area contributed by atoms with Gasteiger partial charge in [-0.3, -0.25) is 0 Å². The van der Waals surface area contributed by atoms with Gasteiger partial charge in [0.15, 0.2) is 5.65 Å². The molecule has 1 aromatic carbocycles. The molecule has 0 atom stereocenters. The van der Waals surface area contributed by atoms with E-state index in [2.05, 4.69) is 68.3 Å². The summed E-state index contributed by atoms with van der Waals surface area (Å²) in [6, 6.07) is 8.83. The van der Waals surface area contributed by atoms with Crippen molar-refractivity contribution >= 4 is 11.5 Å². The van der Waals surface area contributed by atoms with E-state index in [4.69, 9.17) is 10.1 Å². The van der Waals surface area contributed by atoms with Crippen LogP contribution in [0.25, 0.3) is 16.8 Å². The van der Waals surface area contributed by atoms with Crippen LogP contribution in [0.3, 0.4) is 0 Å². The Hall–Kier alpha value is -2.36. The van der Waals surface area contributed by atoms with Gasteiger partial charge in [-0.1, -0.05) is 30.7 Å². The van der Waals surface area contributed by atoms with Crippen molar-refractivity contribution in [3.63, 3.8) is 0 Å². The van der Waals surface area contributed by atoms with E-state index in [1.807, 2.05) is 0 Å². The number of hydrogen-bond donors (Lipinski definition) is 0. The van der Waals surface area contributed by atoms with Crippen LogP contribution >= 0.6 is 0 Å². The van der Waals surface area contributed by atoms with Crippen LogP contribution < -0.4 is 4.90 Å². The Bertz CT molecular complexity index is 982. The van der Waals surface area contributed by atoms with E-state index in [0.29, 0.717) is 0 Å². The average Bonchev–Trinajstić information content (AvgIpc) is 3.37. The maximum absolute atomic E-state index is 4.94. The summed E-state index contributed by atoms with van der Waals surface area (Å²) >= 11 is 0. The van der Waals surface area contributed by atoms with E-state index in [1.165, 1.54) is 40.9 Å². The first-order valence-electron chi connectivity index (χ1n) is 10.2. The molecule has 3 aromatic rings. The quantitative estimate of drug-likeness (QED) is 0.600. The topological polar surface area (TPSA) is 33.4 Å². The van der Waals surface area contributed by atoms with Gasteiger partial charge >= 0.3 is 0 Å². The fourth-order valence-corrected chi connectivity index (χ4v) is 4.04. The molecule has 4 nitrogen and oxygen atoms in total. The molecule has 0 radical (unpaired) electrons. The van der Waals surface area contributed by atoms with Crippen LogP contribution in [0.4, 0.5) is 5.82 Å². The van der Waals surface area contributed by atoms with Crippen molar-refractivity contribution in [3.8, 4) is 11.1 Å². The zero-order chi connectivity index (χ0) is 19.1. The molecular formula is C23H30N4. The average molecular weight is 363 g/mol. The summed E-state index contributed by atoms with van der Waals surface area (Å²) in [7, 11) is 0. The largest absolute Gasteiger partial charge is 0.356 e. The highest BCUT2D eigenvalue weighted by Gasteiger charge is 2.26. The monoisotopic (exact) mass is 362 g/mol. The van der Waals surface area contributed by atoms with E-state index in [1.54, 1.807) is 0 Å². The van der Waals surface area contributed by atoms with Gasteiger partial charge in [0.1, 0.15) is 5.82 Å². The molecule has 2 aromatic heterocycles. The van der Waals surface area contributed by atoms with Gasteiger partial charge in [0, 0.05) is 30.4 Å². The van der Waals surface area contributed by atoms with Crippen molar-refractivity contribution in [2.24, 2.45) is 5.92 Å². The summed E-state index contributed by atoms with van der Waals surface area (Å²) in [5.41, 5.74) is 8.05. The lowest BCUT2D eigenvalue weighted by Crippen LogP contribution is -2.29. The van der Waals surface area contributed by atoms with Crippen LogP contribution in [-0.2, 0) is 0 Å². The molecule has 27 heavy (non-hydrogen) atoms. The molecule has 1 aliphatic carbocycles. The van der Waals surface area contributed by atoms with Crippen LogP contribution in [0.1, 0.15) is 48.7 Å². The zero-order valence-corrected chi connectivity index (χ0v) is 17.2. The predicted molar refractivity (Wildman–Crippen MR) is 113 cm³/mol. The van der Waals surface area contributed by atoms with Gasteiger partial charge in [0.05, 0.1) is 5.69 Å². The summed E-state index contributed by atoms with van der Waals surface area (Å²) < 4.78 is 2.08. The number of hydrogen-bond acceptors (Lipinski definition) is 3. The second-order valence-electron chi connectivity index (χ2n) is 8.16. The third-order valence-electron chi connectivity index (χ3n) is 5.52. The summed E-state index contributed by atoms with van der Waals surface area (Å²) in [6.45, 7) is 13.0. The highest BCUT2D eigenvalue weighted by Crippen LogP contribution is 2.35. The molecule has 0 aliphatic heterocycles. The van der Waals surface area contributed by atoms with E-state index in [-0.39, 0.29) is 0 Å². The summed E-state index contributed by atoms with van der Waals surface area (Å²) in [5.74, 6) is 2.03. The minimum atomic E-state index is 0.843. The third kappa shape index (κ3) is 3.45. The number of fused-ring (bicyclic) bond motifs is 1. The predicted octanol–water partition coefficient (Wildman–Crippen LogP) is 5.26. The van der Waals surface area contributed by atoms with Crippen LogP contribution in [0.5, 0.6) is 0 Å². The van der Waals surface area contributed by atoms with Crippen molar-refractivity contribution < 1.29 is 0 Å². The molecule has 142 valence electrons. The van der Waals surface area contributed by atoms with Gasteiger partial charge in [-0.05, 0) is 64.0 Å². The zero-order valence-electron chi connectivity index (χ0n) is 17.2. The molecule has 4 rings (SSSR count). The van der Waals surface area contributed by atoms with Crippen LogP contribution in [0.15, 0.2) is 24.3 Å². The number of nitrogens with zero attached hydrogens (tertiary/aromatic N) is 4. The molecule has 0 spiro atoms. The smallest absolute Gasteiger partial charge is 0.165 e. The van der Waals surface area contributed by atoms with E-state index < -0.39 is 0 Å². The van der Waals surface area contributed by atoms with Gasteiger partial charge < -0.3 is 4.90 Å². The van der Waals surface area contributed by atoms with Crippen LogP contribution in [-0.4, -0.2) is 27.7 Å². The lowest BCUT2D eigenvalue weighted by Gasteiger charge is -2.25. The minimum absolute atomic E-state index is 0.843. The van der Waals surface area contributed by atoms with E-state index >= 15 is 0 Å². The Labute approximate surface area is 162 Å². The number of rotatable bonds is 6. The maximum Gasteiger partial charge on any atom is 0.165 e. The summed E-state index contributed by atoms with van der Waals surface area (Å²) in [6.07, 6.45) is 3.86. The van der Waals surface area contributed by atoms with Gasteiger partial charge in [-0.25, -0.2) is 4.98 Å². The van der Waals surface area contributed by atoms with Gasteiger partial charge in [-0.15, -0.1) is 0 Å². The third-order valence-corrected chi connectivity index (χ3v) is 5.52. The first-order valence-corrected chi connectivity index (χ1v) is 10.2. The Morgan fingerprint density at radius 1 is 1.11 bits per heavy atom. The fourth-order valence-electron chi connectivity index (χ4n) is 4.04. The molecule has 1 fully saturated rings. The fraction of sp³-hybridized carbons (Fsp3) is 0.478. The lowest BCUT2D eigenvalue weighted by atomic mass is 9.99. The second kappa shape index (κ2) is 6.99. The van der Waals surface area contributed by atoms with Crippen molar-refractivity contribution in [1.82, 2.24) is 14.6 Å². The highest BCUT2D eigenvalue weighted by atomic mass is 15.4. The number of aryl methyl sites for hydroxylation is 4. The summed E-state index contributed by atoms with van der Waals surface area (Å²) in [5, 5.41) is 4.94. The van der Waals surface area contributed by atoms with Crippen molar-refractivity contribution in [3.05, 3.63) is 46.8 Å². The molecular weight excluding hydrogens is 332 g/mol. The summed E-state index contributed by atoms with van der Waals surface area (Å²) in [4.78, 5) is 7.42. The van der Waals surface area contributed by atoms with E-state index in [0.717, 1.165) is 42.5 Å². The van der Waals surface area contributed by atoms with Crippen LogP contribution in [0, 0.1) is 33.6 Å². The Kier molecular flexibility index (Phi) is 4.67. The molecule has 1 saturated carbocycles. The Morgan fingerprint density at radius 3 is 2.56 bits per heavy atom. The first kappa shape index (κ1) is 18.0. The van der Waals surface area contributed by atoms with Crippen molar-refractivity contribution in [2.75, 3.05) is 18.0 Å². The molecule has 4 heteroatoms. The Morgan fingerprint density at radius 2 is 1.89 bits per heavy atom. The first-order chi connectivity index (χ1) is 13.0. The van der Waals surface area contributed by atoms with Crippen molar-refractivity contribution in [2.45, 2.75) is 53.9 Å². The maximum atomic E-state index is 4.94. The second-order valence-corrected chi connectivity index (χ2v) is 8.16. The molecule has 0 saturated heterocycles. The SMILES string of the molecule is CCCN(CC1CC1)c1cc(C)nc2c(-c3ccc(C)cc3C)c(C)nn12. The van der Waals surface area contributed by atoms with Gasteiger partial charge in [0.2, 0.25) is 0 Å². The highest BCUT2D eigenvalue weighted by molar-refractivity contribution is 5.83. The van der Waals surface area contributed by atoms with E-state index in [9.17, 15) is 0 Å². The lowest BCUT2D eigenvalue weighted by molar-refractivity contribution is 0.683. The number of aromatic nitrogens is 3. The molecule has 0 unspecified atom stereocenters. The molecule has 0 N–H and O–H groups in total. The van der Waals surface area contributed by atoms with Gasteiger partial charge in [-0.2, -0.15) is 9.61 Å². The van der Waals surface area contributed by atoms with Gasteiger partial charge in [0.25, 0.3) is 0 Å². The molecule has 2 heterocycles. The normalized spacial score (nSPS) is 14.1. The Balaban J connectivity index is 1.90. The number of benzene rings is 1.